The fraction of sp³-hybridized carbons (Fsp3) is 0.273. The largest absolute Gasteiger partial charge is 0.207 e. The van der Waals surface area contributed by atoms with Crippen molar-refractivity contribution in [3.63, 3.8) is 0 Å². The average molecular weight is 196 g/mol. The Bertz CT molecular complexity index is 318. The molecule has 0 nitrogen and oxygen atoms in total. The highest BCUT2D eigenvalue weighted by Crippen LogP contribution is 2.24. The second-order valence-corrected chi connectivity index (χ2v) is 4.17. The predicted molar refractivity (Wildman–Crippen MR) is 56.7 cm³/mol. The van der Waals surface area contributed by atoms with Crippen molar-refractivity contribution in [2.45, 2.75) is 18.7 Å². The fourth-order valence-corrected chi connectivity index (χ4v) is 1.83. The van der Waals surface area contributed by atoms with Crippen LogP contribution in [0.4, 0.5) is 4.39 Å². The predicted octanol–water partition coefficient (Wildman–Crippen LogP) is 3.80. The maximum Gasteiger partial charge on any atom is 0.123 e. The van der Waals surface area contributed by atoms with Crippen LogP contribution in [0.2, 0.25) is 0 Å². The first-order valence-corrected chi connectivity index (χ1v) is 5.11. The van der Waals surface area contributed by atoms with Crippen LogP contribution < -0.4 is 0 Å². The lowest BCUT2D eigenvalue weighted by Gasteiger charge is -2.04. The van der Waals surface area contributed by atoms with Gasteiger partial charge < -0.3 is 0 Å². The van der Waals surface area contributed by atoms with E-state index in [-0.39, 0.29) is 5.82 Å². The summed E-state index contributed by atoms with van der Waals surface area (Å²) >= 11 is 1.70. The van der Waals surface area contributed by atoms with E-state index in [0.717, 1.165) is 21.8 Å². The molecule has 0 saturated carbocycles. The first-order valence-electron chi connectivity index (χ1n) is 4.13. The van der Waals surface area contributed by atoms with Gasteiger partial charge in [-0.25, -0.2) is 4.39 Å². The number of benzene rings is 1. The Kier molecular flexibility index (Phi) is 3.55. The van der Waals surface area contributed by atoms with E-state index in [9.17, 15) is 4.39 Å². The molecule has 1 aromatic carbocycles. The van der Waals surface area contributed by atoms with Crippen molar-refractivity contribution < 1.29 is 4.39 Å². The van der Waals surface area contributed by atoms with Gasteiger partial charge in [0, 0.05) is 10.6 Å². The van der Waals surface area contributed by atoms with Gasteiger partial charge in [0.2, 0.25) is 0 Å². The molecule has 0 atom stereocenters. The average Bonchev–Trinajstić information content (AvgIpc) is 2.02. The zero-order valence-electron chi connectivity index (χ0n) is 7.93. The molecule has 1 rings (SSSR count). The molecule has 0 fully saturated rings. The van der Waals surface area contributed by atoms with E-state index in [0.29, 0.717) is 0 Å². The minimum absolute atomic E-state index is 0.169. The second-order valence-electron chi connectivity index (χ2n) is 3.16. The third kappa shape index (κ3) is 3.23. The highest BCUT2D eigenvalue weighted by molar-refractivity contribution is 7.99. The Morgan fingerprint density at radius 1 is 1.54 bits per heavy atom. The zero-order valence-corrected chi connectivity index (χ0v) is 8.75. The number of thioether (sulfide) groups is 1. The van der Waals surface area contributed by atoms with Crippen LogP contribution in [0.25, 0.3) is 0 Å². The summed E-state index contributed by atoms with van der Waals surface area (Å²) in [7, 11) is 0. The molecule has 0 N–H and O–H groups in total. The molecule has 0 aliphatic carbocycles. The molecular weight excluding hydrogens is 183 g/mol. The van der Waals surface area contributed by atoms with Gasteiger partial charge in [-0.15, -0.1) is 11.8 Å². The van der Waals surface area contributed by atoms with E-state index in [2.05, 4.69) is 6.58 Å². The summed E-state index contributed by atoms with van der Waals surface area (Å²) in [6.45, 7) is 7.73. The molecular formula is C11H13FS. The van der Waals surface area contributed by atoms with Crippen LogP contribution >= 0.6 is 11.8 Å². The van der Waals surface area contributed by atoms with E-state index >= 15 is 0 Å². The second kappa shape index (κ2) is 4.47. The molecule has 0 amide bonds. The van der Waals surface area contributed by atoms with Crippen LogP contribution in [0.15, 0.2) is 35.2 Å². The van der Waals surface area contributed by atoms with Gasteiger partial charge in [0.05, 0.1) is 0 Å². The Morgan fingerprint density at radius 3 is 2.77 bits per heavy atom. The Morgan fingerprint density at radius 2 is 2.23 bits per heavy atom. The number of rotatable bonds is 3. The topological polar surface area (TPSA) is 0 Å². The molecule has 2 heteroatoms. The van der Waals surface area contributed by atoms with Crippen molar-refractivity contribution in [3.8, 4) is 0 Å². The monoisotopic (exact) mass is 196 g/mol. The van der Waals surface area contributed by atoms with Gasteiger partial charge in [-0.2, -0.15) is 0 Å². The molecule has 0 aliphatic heterocycles. The summed E-state index contributed by atoms with van der Waals surface area (Å²) in [6.07, 6.45) is 0. The van der Waals surface area contributed by atoms with E-state index < -0.39 is 0 Å². The highest BCUT2D eigenvalue weighted by atomic mass is 32.2. The van der Waals surface area contributed by atoms with Gasteiger partial charge in [0.15, 0.2) is 0 Å². The Labute approximate surface area is 82.9 Å². The van der Waals surface area contributed by atoms with Crippen molar-refractivity contribution in [1.29, 1.82) is 0 Å². The summed E-state index contributed by atoms with van der Waals surface area (Å²) in [6, 6.07) is 4.87. The molecule has 0 radical (unpaired) electrons. The molecule has 70 valence electrons. The van der Waals surface area contributed by atoms with Gasteiger partial charge in [-0.1, -0.05) is 12.2 Å². The van der Waals surface area contributed by atoms with E-state index in [1.165, 1.54) is 6.07 Å². The summed E-state index contributed by atoms with van der Waals surface area (Å²) in [5.74, 6) is 0.726. The van der Waals surface area contributed by atoms with Crippen molar-refractivity contribution in [2.24, 2.45) is 0 Å². The van der Waals surface area contributed by atoms with Crippen LogP contribution in [-0.2, 0) is 0 Å². The Hall–Kier alpha value is -0.760. The molecule has 0 heterocycles. The summed E-state index contributed by atoms with van der Waals surface area (Å²) < 4.78 is 12.7. The molecule has 0 aliphatic rings. The first-order chi connectivity index (χ1) is 6.09. The van der Waals surface area contributed by atoms with E-state index in [1.54, 1.807) is 17.8 Å². The van der Waals surface area contributed by atoms with Crippen molar-refractivity contribution in [1.82, 2.24) is 0 Å². The maximum atomic E-state index is 12.7. The number of aryl methyl sites for hydroxylation is 1. The van der Waals surface area contributed by atoms with Gasteiger partial charge in [0.1, 0.15) is 5.82 Å². The third-order valence-corrected chi connectivity index (χ3v) is 3.02. The van der Waals surface area contributed by atoms with Crippen molar-refractivity contribution in [3.05, 3.63) is 41.7 Å². The lowest BCUT2D eigenvalue weighted by atomic mass is 10.2. The van der Waals surface area contributed by atoms with Gasteiger partial charge >= 0.3 is 0 Å². The fourth-order valence-electron chi connectivity index (χ4n) is 0.976. The van der Waals surface area contributed by atoms with Crippen molar-refractivity contribution >= 4 is 11.8 Å². The minimum atomic E-state index is -0.169. The maximum absolute atomic E-state index is 12.7. The smallest absolute Gasteiger partial charge is 0.123 e. The summed E-state index contributed by atoms with van der Waals surface area (Å²) in [5.41, 5.74) is 2.12. The molecule has 0 bridgehead atoms. The Balaban J connectivity index is 2.72. The van der Waals surface area contributed by atoms with Crippen LogP contribution in [0.1, 0.15) is 12.5 Å². The third-order valence-electron chi connectivity index (χ3n) is 1.61. The van der Waals surface area contributed by atoms with Gasteiger partial charge in [0.25, 0.3) is 0 Å². The summed E-state index contributed by atoms with van der Waals surface area (Å²) in [5, 5.41) is 0. The SMILES string of the molecule is C=C(C)CSc1ccc(F)cc1C. The highest BCUT2D eigenvalue weighted by Gasteiger charge is 2.00. The van der Waals surface area contributed by atoms with Gasteiger partial charge in [-0.05, 0) is 37.6 Å². The molecule has 0 saturated heterocycles. The molecule has 1 aromatic rings. The number of hydrogen-bond acceptors (Lipinski definition) is 1. The van der Waals surface area contributed by atoms with Gasteiger partial charge in [-0.3, -0.25) is 0 Å². The molecule has 13 heavy (non-hydrogen) atoms. The quantitative estimate of drug-likeness (QED) is 0.523. The number of halogens is 1. The lowest BCUT2D eigenvalue weighted by molar-refractivity contribution is 0.625. The van der Waals surface area contributed by atoms with Crippen LogP contribution in [0, 0.1) is 12.7 Å². The lowest BCUT2D eigenvalue weighted by Crippen LogP contribution is -1.84. The first kappa shape index (κ1) is 10.3. The summed E-state index contributed by atoms with van der Waals surface area (Å²) in [4.78, 5) is 1.13. The van der Waals surface area contributed by atoms with Crippen LogP contribution in [0.5, 0.6) is 0 Å². The van der Waals surface area contributed by atoms with E-state index in [4.69, 9.17) is 0 Å². The standard InChI is InChI=1S/C11H13FS/c1-8(2)7-13-11-5-4-10(12)6-9(11)3/h4-6H,1,7H2,2-3H3. The van der Waals surface area contributed by atoms with Crippen LogP contribution in [0.3, 0.4) is 0 Å². The normalized spacial score (nSPS) is 10.1. The minimum Gasteiger partial charge on any atom is -0.207 e. The molecule has 0 unspecified atom stereocenters. The zero-order chi connectivity index (χ0) is 9.84. The van der Waals surface area contributed by atoms with Crippen molar-refractivity contribution in [2.75, 3.05) is 5.75 Å². The van der Waals surface area contributed by atoms with E-state index in [1.807, 2.05) is 19.9 Å². The number of hydrogen-bond donors (Lipinski definition) is 0. The van der Waals surface area contributed by atoms with Crippen LogP contribution in [-0.4, -0.2) is 5.75 Å². The molecule has 0 aromatic heterocycles. The molecule has 0 spiro atoms.